The number of methoxy groups -OCH3 is 1. The van der Waals surface area contributed by atoms with Gasteiger partial charge in [-0.15, -0.1) is 11.8 Å². The molecular weight excluding hydrogens is 699 g/mol. The molecule has 1 fully saturated rings. The van der Waals surface area contributed by atoms with E-state index >= 15 is 0 Å². The van der Waals surface area contributed by atoms with E-state index in [1.165, 1.54) is 23.3 Å². The fraction of sp³-hybridized carbons (Fsp3) is 0.359. The maximum absolute atomic E-state index is 13.3. The number of nitrogens with one attached hydrogen (secondary N) is 2. The van der Waals surface area contributed by atoms with Crippen LogP contribution in [0.2, 0.25) is 0 Å². The number of sulfonamides is 1. The van der Waals surface area contributed by atoms with Crippen LogP contribution in [-0.4, -0.2) is 82.4 Å². The van der Waals surface area contributed by atoms with Gasteiger partial charge in [0.15, 0.2) is 0 Å². The molecule has 52 heavy (non-hydrogen) atoms. The van der Waals surface area contributed by atoms with Gasteiger partial charge in [-0.25, -0.2) is 13.1 Å². The third-order valence-electron chi connectivity index (χ3n) is 9.56. The molecule has 5 rings (SSSR count). The van der Waals surface area contributed by atoms with Gasteiger partial charge in [-0.3, -0.25) is 14.9 Å². The summed E-state index contributed by atoms with van der Waals surface area (Å²) in [5, 5.41) is 15.4. The van der Waals surface area contributed by atoms with Crippen molar-refractivity contribution in [3.05, 3.63) is 124 Å². The van der Waals surface area contributed by atoms with Gasteiger partial charge < -0.3 is 19.9 Å². The molecule has 0 unspecified atom stereocenters. The molecular formula is C39H47N5O6S2. The SMILES string of the molecule is COC1(Cc2ccccc2C)CCN(c2ccc(C(=O)NS(=O)(=O)c3ccc(N[C@H](CCN(C)C)CSc4ccccc4)c([N+](=O)[O-])c3)cc2)CC1. The van der Waals surface area contributed by atoms with Crippen molar-refractivity contribution < 1.29 is 22.9 Å². The maximum atomic E-state index is 13.3. The Labute approximate surface area is 311 Å². The number of carbonyl (C=O) groups excluding carboxylic acids is 1. The van der Waals surface area contributed by atoms with E-state index in [2.05, 4.69) is 40.1 Å². The number of ether oxygens (including phenoxy) is 1. The first-order valence-electron chi connectivity index (χ1n) is 17.3. The highest BCUT2D eigenvalue weighted by molar-refractivity contribution is 7.99. The largest absolute Gasteiger partial charge is 0.378 e. The highest BCUT2D eigenvalue weighted by atomic mass is 32.2. The van der Waals surface area contributed by atoms with E-state index in [9.17, 15) is 23.3 Å². The summed E-state index contributed by atoms with van der Waals surface area (Å²) < 4.78 is 34.8. The van der Waals surface area contributed by atoms with Crippen molar-refractivity contribution in [1.82, 2.24) is 9.62 Å². The number of nitro benzene ring substituents is 1. The molecule has 0 saturated carbocycles. The van der Waals surface area contributed by atoms with Crippen LogP contribution in [0.4, 0.5) is 17.1 Å². The predicted octanol–water partition coefficient (Wildman–Crippen LogP) is 6.77. The third-order valence-corrected chi connectivity index (χ3v) is 12.1. The average Bonchev–Trinajstić information content (AvgIpc) is 3.14. The summed E-state index contributed by atoms with van der Waals surface area (Å²) in [5.74, 6) is -0.183. The molecule has 276 valence electrons. The molecule has 0 aliphatic carbocycles. The van der Waals surface area contributed by atoms with Gasteiger partial charge in [0.2, 0.25) is 0 Å². The minimum Gasteiger partial charge on any atom is -0.378 e. The molecule has 0 aromatic heterocycles. The van der Waals surface area contributed by atoms with Gasteiger partial charge in [0.25, 0.3) is 21.6 Å². The smallest absolute Gasteiger partial charge is 0.293 e. The van der Waals surface area contributed by atoms with Crippen molar-refractivity contribution in [2.24, 2.45) is 0 Å². The van der Waals surface area contributed by atoms with Crippen molar-refractivity contribution in [2.45, 2.75) is 54.0 Å². The van der Waals surface area contributed by atoms with Crippen LogP contribution < -0.4 is 14.9 Å². The first-order valence-corrected chi connectivity index (χ1v) is 19.7. The van der Waals surface area contributed by atoms with E-state index in [1.54, 1.807) is 43.1 Å². The first-order chi connectivity index (χ1) is 24.9. The third kappa shape index (κ3) is 10.1. The molecule has 0 bridgehead atoms. The number of carbonyl (C=O) groups is 1. The Hall–Kier alpha value is -4.43. The molecule has 1 amide bonds. The normalized spacial score (nSPS) is 14.9. The Morgan fingerprint density at radius 2 is 1.67 bits per heavy atom. The van der Waals surface area contributed by atoms with Crippen LogP contribution in [0.3, 0.4) is 0 Å². The Bertz CT molecular complexity index is 1930. The lowest BCUT2D eigenvalue weighted by Crippen LogP contribution is -2.47. The minimum atomic E-state index is -4.42. The number of thioether (sulfide) groups is 1. The zero-order chi connectivity index (χ0) is 37.3. The molecule has 1 heterocycles. The lowest BCUT2D eigenvalue weighted by Gasteiger charge is -2.42. The number of nitro groups is 1. The molecule has 2 N–H and O–H groups in total. The van der Waals surface area contributed by atoms with Crippen LogP contribution in [0, 0.1) is 17.0 Å². The number of hydrogen-bond acceptors (Lipinski definition) is 10. The number of benzene rings is 4. The molecule has 4 aromatic carbocycles. The molecule has 13 heteroatoms. The van der Waals surface area contributed by atoms with Crippen LogP contribution in [0.1, 0.15) is 40.7 Å². The van der Waals surface area contributed by atoms with E-state index in [-0.39, 0.29) is 27.8 Å². The molecule has 4 aromatic rings. The van der Waals surface area contributed by atoms with Crippen LogP contribution in [0.15, 0.2) is 107 Å². The van der Waals surface area contributed by atoms with E-state index in [1.807, 2.05) is 55.4 Å². The minimum absolute atomic E-state index is 0.137. The molecule has 0 spiro atoms. The summed E-state index contributed by atoms with van der Waals surface area (Å²) in [6, 6.07) is 28.5. The quantitative estimate of drug-likeness (QED) is 0.0719. The highest BCUT2D eigenvalue weighted by Gasteiger charge is 2.35. The number of anilines is 2. The van der Waals surface area contributed by atoms with E-state index in [0.29, 0.717) is 12.2 Å². The van der Waals surface area contributed by atoms with Gasteiger partial charge in [0.05, 0.1) is 15.4 Å². The second-order valence-electron chi connectivity index (χ2n) is 13.5. The highest BCUT2D eigenvalue weighted by Crippen LogP contribution is 2.33. The molecule has 1 saturated heterocycles. The fourth-order valence-electron chi connectivity index (χ4n) is 6.34. The van der Waals surface area contributed by atoms with Gasteiger partial charge in [0.1, 0.15) is 5.69 Å². The van der Waals surface area contributed by atoms with Crippen molar-refractivity contribution in [3.63, 3.8) is 0 Å². The summed E-state index contributed by atoms with van der Waals surface area (Å²) >= 11 is 1.63. The van der Waals surface area contributed by atoms with E-state index < -0.39 is 26.5 Å². The molecule has 11 nitrogen and oxygen atoms in total. The predicted molar refractivity (Wildman–Crippen MR) is 208 cm³/mol. The second-order valence-corrected chi connectivity index (χ2v) is 16.2. The van der Waals surface area contributed by atoms with Gasteiger partial charge in [-0.05, 0) is 106 Å². The number of amides is 1. The summed E-state index contributed by atoms with van der Waals surface area (Å²) in [6.07, 6.45) is 3.22. The standard InChI is InChI=1S/C39H47N5O6S2/c1-29-10-8-9-11-31(29)27-39(50-4)21-24-43(25-22-39)33-16-14-30(15-17-33)38(45)41-52(48,49)35-18-19-36(37(26-35)44(46)47)40-32(20-23-42(2)3)28-51-34-12-6-5-7-13-34/h5-19,26,32,40H,20-25,27-28H2,1-4H3,(H,41,45)/t32-/m1/s1. The number of rotatable bonds is 16. The van der Waals surface area contributed by atoms with Gasteiger partial charge in [-0.1, -0.05) is 42.5 Å². The van der Waals surface area contributed by atoms with E-state index in [0.717, 1.165) is 55.5 Å². The Morgan fingerprint density at radius 1 is 1.00 bits per heavy atom. The van der Waals surface area contributed by atoms with Crippen molar-refractivity contribution in [3.8, 4) is 0 Å². The van der Waals surface area contributed by atoms with Crippen molar-refractivity contribution >= 4 is 44.8 Å². The molecule has 0 radical (unpaired) electrons. The summed E-state index contributed by atoms with van der Waals surface area (Å²) in [5.41, 5.74) is 3.17. The molecule has 1 aliphatic rings. The van der Waals surface area contributed by atoms with Crippen LogP contribution in [0.5, 0.6) is 0 Å². The Balaban J connectivity index is 1.23. The zero-order valence-corrected chi connectivity index (χ0v) is 31.7. The maximum Gasteiger partial charge on any atom is 0.293 e. The second kappa shape index (κ2) is 17.4. The van der Waals surface area contributed by atoms with Gasteiger partial charge in [-0.2, -0.15) is 0 Å². The zero-order valence-electron chi connectivity index (χ0n) is 30.1. The van der Waals surface area contributed by atoms with Crippen molar-refractivity contribution in [2.75, 3.05) is 56.8 Å². The van der Waals surface area contributed by atoms with Crippen molar-refractivity contribution in [1.29, 1.82) is 0 Å². The van der Waals surface area contributed by atoms with Crippen LogP contribution >= 0.6 is 11.8 Å². The number of hydrogen-bond donors (Lipinski definition) is 2. The molecule has 1 aliphatic heterocycles. The summed E-state index contributed by atoms with van der Waals surface area (Å²) in [4.78, 5) is 29.6. The molecule has 1 atom stereocenters. The lowest BCUT2D eigenvalue weighted by atomic mass is 9.83. The summed E-state index contributed by atoms with van der Waals surface area (Å²) in [7, 11) is 1.27. The fourth-order valence-corrected chi connectivity index (χ4v) is 8.33. The number of aryl methyl sites for hydroxylation is 1. The Morgan fingerprint density at radius 3 is 2.31 bits per heavy atom. The topological polar surface area (TPSA) is 134 Å². The van der Waals surface area contributed by atoms with E-state index in [4.69, 9.17) is 4.74 Å². The van der Waals surface area contributed by atoms with Gasteiger partial charge in [0, 0.05) is 60.6 Å². The number of nitrogens with zero attached hydrogens (tertiary/aromatic N) is 3. The first kappa shape index (κ1) is 38.8. The van der Waals surface area contributed by atoms with Crippen LogP contribution in [0.25, 0.3) is 0 Å². The average molecular weight is 746 g/mol. The lowest BCUT2D eigenvalue weighted by molar-refractivity contribution is -0.384. The monoisotopic (exact) mass is 745 g/mol. The number of piperidine rings is 1. The van der Waals surface area contributed by atoms with Crippen LogP contribution in [-0.2, 0) is 21.2 Å². The van der Waals surface area contributed by atoms with Gasteiger partial charge >= 0.3 is 0 Å². The summed E-state index contributed by atoms with van der Waals surface area (Å²) in [6.45, 7) is 4.41. The Kier molecular flexibility index (Phi) is 13.0.